The third-order valence-electron chi connectivity index (χ3n) is 6.00. The largest absolute Gasteiger partial charge is 0.492 e. The molecule has 3 aromatic carbocycles. The van der Waals surface area contributed by atoms with Crippen molar-refractivity contribution in [2.75, 3.05) is 24.0 Å². The molecule has 1 amide bonds. The fourth-order valence-electron chi connectivity index (χ4n) is 3.95. The van der Waals surface area contributed by atoms with Crippen LogP contribution in [0.5, 0.6) is 11.5 Å². The number of anilines is 1. The lowest BCUT2D eigenvalue weighted by Gasteiger charge is -2.35. The van der Waals surface area contributed by atoms with E-state index in [1.165, 1.54) is 9.87 Å². The number of nitrogens with zero attached hydrogens (tertiary/aromatic N) is 1. The molecule has 4 rings (SSSR count). The first-order valence-corrected chi connectivity index (χ1v) is 13.4. The van der Waals surface area contributed by atoms with E-state index in [2.05, 4.69) is 26.1 Å². The van der Waals surface area contributed by atoms with Crippen LogP contribution in [0.3, 0.4) is 0 Å². The normalized spacial score (nSPS) is 15.6. The number of aryl methyl sites for hydroxylation is 1. The second kappa shape index (κ2) is 10.2. The Labute approximate surface area is 213 Å². The first kappa shape index (κ1) is 25.6. The smallest absolute Gasteiger partial charge is 0.264 e. The van der Waals surface area contributed by atoms with Crippen molar-refractivity contribution in [2.24, 2.45) is 0 Å². The summed E-state index contributed by atoms with van der Waals surface area (Å²) in [5, 5.41) is 2.81. The summed E-state index contributed by atoms with van der Waals surface area (Å²) in [6, 6.07) is 21.3. The molecule has 0 bridgehead atoms. The summed E-state index contributed by atoms with van der Waals surface area (Å²) >= 11 is 0. The number of rotatable bonds is 7. The topological polar surface area (TPSA) is 84.9 Å². The van der Waals surface area contributed by atoms with Gasteiger partial charge in [0.2, 0.25) is 0 Å². The van der Waals surface area contributed by atoms with E-state index in [1.807, 2.05) is 37.3 Å². The molecule has 36 heavy (non-hydrogen) atoms. The molecule has 1 aliphatic rings. The number of carbonyl (C=O) groups excluding carboxylic acids is 1. The van der Waals surface area contributed by atoms with Crippen molar-refractivity contribution >= 4 is 21.6 Å². The van der Waals surface area contributed by atoms with Crippen LogP contribution in [-0.2, 0) is 20.2 Å². The molecule has 0 radical (unpaired) electrons. The van der Waals surface area contributed by atoms with Gasteiger partial charge in [0.15, 0.2) is 6.10 Å². The van der Waals surface area contributed by atoms with Crippen LogP contribution in [0.2, 0.25) is 0 Å². The van der Waals surface area contributed by atoms with Crippen molar-refractivity contribution in [1.29, 1.82) is 0 Å². The van der Waals surface area contributed by atoms with Crippen molar-refractivity contribution in [2.45, 2.75) is 44.1 Å². The van der Waals surface area contributed by atoms with E-state index in [0.717, 1.165) is 11.3 Å². The maximum Gasteiger partial charge on any atom is 0.264 e. The Morgan fingerprint density at radius 3 is 2.42 bits per heavy atom. The molecule has 1 N–H and O–H groups in total. The summed E-state index contributed by atoms with van der Waals surface area (Å²) in [5.74, 6) is 0.675. The lowest BCUT2D eigenvalue weighted by molar-refractivity contribution is -0.127. The summed E-state index contributed by atoms with van der Waals surface area (Å²) in [6.45, 7) is 8.73. The van der Waals surface area contributed by atoms with Crippen LogP contribution in [0, 0.1) is 6.92 Å². The van der Waals surface area contributed by atoms with Gasteiger partial charge in [-0.05, 0) is 59.9 Å². The third-order valence-corrected chi connectivity index (χ3v) is 7.79. The average molecular weight is 509 g/mol. The Bertz CT molecular complexity index is 1320. The van der Waals surface area contributed by atoms with E-state index in [-0.39, 0.29) is 30.0 Å². The quantitative estimate of drug-likeness (QED) is 0.477. The van der Waals surface area contributed by atoms with Gasteiger partial charge in [-0.1, -0.05) is 57.2 Å². The minimum atomic E-state index is -3.88. The van der Waals surface area contributed by atoms with Crippen LogP contribution < -0.4 is 19.1 Å². The number of fused-ring (bicyclic) bond motifs is 1. The van der Waals surface area contributed by atoms with Crippen LogP contribution in [-0.4, -0.2) is 40.1 Å². The molecular weight excluding hydrogens is 476 g/mol. The van der Waals surface area contributed by atoms with Crippen LogP contribution in [0.15, 0.2) is 77.7 Å². The summed E-state index contributed by atoms with van der Waals surface area (Å²) in [5.41, 5.74) is 2.59. The van der Waals surface area contributed by atoms with Gasteiger partial charge in [-0.15, -0.1) is 0 Å². The molecule has 1 atom stereocenters. The predicted octanol–water partition coefficient (Wildman–Crippen LogP) is 4.44. The van der Waals surface area contributed by atoms with Gasteiger partial charge < -0.3 is 14.8 Å². The van der Waals surface area contributed by atoms with E-state index in [4.69, 9.17) is 9.47 Å². The van der Waals surface area contributed by atoms with Gasteiger partial charge in [0, 0.05) is 0 Å². The van der Waals surface area contributed by atoms with Gasteiger partial charge in [-0.2, -0.15) is 0 Å². The molecule has 190 valence electrons. The van der Waals surface area contributed by atoms with Crippen molar-refractivity contribution in [3.05, 3.63) is 83.9 Å². The zero-order chi connectivity index (χ0) is 25.9. The highest BCUT2D eigenvalue weighted by molar-refractivity contribution is 7.92. The molecule has 0 spiro atoms. The fraction of sp³-hybridized carbons (Fsp3) is 0.321. The summed E-state index contributed by atoms with van der Waals surface area (Å²) in [4.78, 5) is 13.1. The Morgan fingerprint density at radius 1 is 1.06 bits per heavy atom. The van der Waals surface area contributed by atoms with Gasteiger partial charge in [-0.25, -0.2) is 8.42 Å². The Hall–Kier alpha value is -3.52. The molecule has 0 saturated carbocycles. The SMILES string of the molecule is Cc1ccc2c(c1)O[C@@H](C(=O)NCCOc1ccc(C(C)(C)C)cc1)CN2S(=O)(=O)c1ccccc1. The van der Waals surface area contributed by atoms with Crippen LogP contribution in [0.25, 0.3) is 0 Å². The highest BCUT2D eigenvalue weighted by Crippen LogP contribution is 2.37. The molecule has 8 heteroatoms. The minimum Gasteiger partial charge on any atom is -0.492 e. The van der Waals surface area contributed by atoms with Gasteiger partial charge >= 0.3 is 0 Å². The lowest BCUT2D eigenvalue weighted by atomic mass is 9.87. The van der Waals surface area contributed by atoms with E-state index in [1.54, 1.807) is 42.5 Å². The van der Waals surface area contributed by atoms with Gasteiger partial charge in [0.05, 0.1) is 23.7 Å². The van der Waals surface area contributed by atoms with Gasteiger partial charge in [-0.3, -0.25) is 9.10 Å². The standard InChI is InChI=1S/C28H32N2O5S/c1-20-10-15-24-25(18-20)35-26(19-30(24)36(32,33)23-8-6-5-7-9-23)27(31)29-16-17-34-22-13-11-21(12-14-22)28(2,3)4/h5-15,18,26H,16-17,19H2,1-4H3,(H,29,31)/t26-/m1/s1. The predicted molar refractivity (Wildman–Crippen MR) is 140 cm³/mol. The van der Waals surface area contributed by atoms with Crippen molar-refractivity contribution in [3.8, 4) is 11.5 Å². The second-order valence-corrected chi connectivity index (χ2v) is 11.7. The number of ether oxygens (including phenoxy) is 2. The maximum absolute atomic E-state index is 13.4. The first-order valence-electron chi connectivity index (χ1n) is 11.9. The monoisotopic (exact) mass is 508 g/mol. The van der Waals surface area contributed by atoms with E-state index >= 15 is 0 Å². The van der Waals surface area contributed by atoms with E-state index in [0.29, 0.717) is 11.4 Å². The average Bonchev–Trinajstić information content (AvgIpc) is 2.85. The number of nitrogens with one attached hydrogen (secondary N) is 1. The zero-order valence-corrected chi connectivity index (χ0v) is 21.8. The Kier molecular flexibility index (Phi) is 7.26. The van der Waals surface area contributed by atoms with Crippen molar-refractivity contribution in [1.82, 2.24) is 5.32 Å². The highest BCUT2D eigenvalue weighted by atomic mass is 32.2. The fourth-order valence-corrected chi connectivity index (χ4v) is 5.45. The second-order valence-electron chi connectivity index (χ2n) is 9.84. The number of amides is 1. The molecule has 1 aliphatic heterocycles. The molecular formula is C28H32N2O5S. The summed E-state index contributed by atoms with van der Waals surface area (Å²) in [7, 11) is -3.88. The van der Waals surface area contributed by atoms with Crippen molar-refractivity contribution < 1.29 is 22.7 Å². The Morgan fingerprint density at radius 2 is 1.75 bits per heavy atom. The summed E-state index contributed by atoms with van der Waals surface area (Å²) < 4.78 is 39.8. The molecule has 0 fully saturated rings. The van der Waals surface area contributed by atoms with Crippen LogP contribution in [0.4, 0.5) is 5.69 Å². The lowest BCUT2D eigenvalue weighted by Crippen LogP contribution is -2.51. The van der Waals surface area contributed by atoms with Crippen LogP contribution >= 0.6 is 0 Å². The molecule has 3 aromatic rings. The molecule has 7 nitrogen and oxygen atoms in total. The number of sulfonamides is 1. The minimum absolute atomic E-state index is 0.0610. The number of hydrogen-bond donors (Lipinski definition) is 1. The number of carbonyl (C=O) groups is 1. The molecule has 0 saturated heterocycles. The molecule has 0 unspecified atom stereocenters. The molecule has 0 aliphatic carbocycles. The molecule has 0 aromatic heterocycles. The summed E-state index contributed by atoms with van der Waals surface area (Å²) in [6.07, 6.45) is -0.996. The third kappa shape index (κ3) is 5.65. The molecule has 1 heterocycles. The van der Waals surface area contributed by atoms with Crippen LogP contribution in [0.1, 0.15) is 31.9 Å². The first-order chi connectivity index (χ1) is 17.1. The van der Waals surface area contributed by atoms with Crippen molar-refractivity contribution in [3.63, 3.8) is 0 Å². The van der Waals surface area contributed by atoms with Gasteiger partial charge in [0.25, 0.3) is 15.9 Å². The Balaban J connectivity index is 1.42. The zero-order valence-electron chi connectivity index (χ0n) is 21.0. The number of hydrogen-bond acceptors (Lipinski definition) is 5. The van der Waals surface area contributed by atoms with E-state index in [9.17, 15) is 13.2 Å². The van der Waals surface area contributed by atoms with E-state index < -0.39 is 22.0 Å². The van der Waals surface area contributed by atoms with Gasteiger partial charge in [0.1, 0.15) is 18.1 Å². The number of benzene rings is 3. The maximum atomic E-state index is 13.4. The highest BCUT2D eigenvalue weighted by Gasteiger charge is 2.37.